The van der Waals surface area contributed by atoms with Crippen molar-refractivity contribution in [1.29, 1.82) is 0 Å². The van der Waals surface area contributed by atoms with Crippen LogP contribution in [0.15, 0.2) is 12.3 Å². The van der Waals surface area contributed by atoms with Crippen LogP contribution in [-0.2, 0) is 14.2 Å². The highest BCUT2D eigenvalue weighted by Gasteiger charge is 2.42. The molecule has 8 atom stereocenters. The molecule has 1 saturated heterocycles. The van der Waals surface area contributed by atoms with Crippen molar-refractivity contribution in [1.82, 2.24) is 0 Å². The van der Waals surface area contributed by atoms with Crippen molar-refractivity contribution in [2.45, 2.75) is 79.0 Å². The van der Waals surface area contributed by atoms with Gasteiger partial charge in [0.1, 0.15) is 12.2 Å². The van der Waals surface area contributed by atoms with E-state index in [1.54, 1.807) is 0 Å². The third kappa shape index (κ3) is 3.45. The molecule has 21 heavy (non-hydrogen) atoms. The first-order valence-electron chi connectivity index (χ1n) is 8.62. The van der Waals surface area contributed by atoms with E-state index in [4.69, 9.17) is 14.2 Å². The van der Waals surface area contributed by atoms with Crippen molar-refractivity contribution < 1.29 is 14.2 Å². The summed E-state index contributed by atoms with van der Waals surface area (Å²) in [6.45, 7) is 13.4. The molecule has 2 aliphatic rings. The molecule has 0 aromatic carbocycles. The van der Waals surface area contributed by atoms with E-state index in [0.717, 1.165) is 12.8 Å². The molecule has 2 heterocycles. The van der Waals surface area contributed by atoms with Crippen LogP contribution in [0.4, 0.5) is 0 Å². The molecule has 8 unspecified atom stereocenters. The van der Waals surface area contributed by atoms with Gasteiger partial charge in [-0.25, -0.2) is 0 Å². The van der Waals surface area contributed by atoms with Crippen molar-refractivity contribution in [2.24, 2.45) is 23.7 Å². The molecule has 0 saturated carbocycles. The summed E-state index contributed by atoms with van der Waals surface area (Å²) in [5.74, 6) is 1.99. The smallest absolute Gasteiger partial charge is 0.161 e. The maximum Gasteiger partial charge on any atom is 0.161 e. The highest BCUT2D eigenvalue weighted by Crippen LogP contribution is 2.38. The van der Waals surface area contributed by atoms with E-state index in [1.165, 1.54) is 0 Å². The Hall–Kier alpha value is -0.540. The molecule has 0 bridgehead atoms. The van der Waals surface area contributed by atoms with Gasteiger partial charge in [0.05, 0.1) is 12.4 Å². The molecule has 0 N–H and O–H groups in total. The minimum atomic E-state index is -0.113. The van der Waals surface area contributed by atoms with Crippen molar-refractivity contribution in [3.05, 3.63) is 12.3 Å². The molecular formula is C18H32O3. The van der Waals surface area contributed by atoms with Gasteiger partial charge in [0.25, 0.3) is 0 Å². The summed E-state index contributed by atoms with van der Waals surface area (Å²) in [6.07, 6.45) is 6.34. The van der Waals surface area contributed by atoms with Crippen LogP contribution in [-0.4, -0.2) is 24.6 Å². The lowest BCUT2D eigenvalue weighted by molar-refractivity contribution is -0.280. The zero-order chi connectivity index (χ0) is 15.6. The number of rotatable bonds is 4. The van der Waals surface area contributed by atoms with Gasteiger partial charge >= 0.3 is 0 Å². The maximum absolute atomic E-state index is 6.41. The second kappa shape index (κ2) is 7.15. The maximum atomic E-state index is 6.41. The Bertz CT molecular complexity index is 352. The molecule has 0 aromatic rings. The van der Waals surface area contributed by atoms with E-state index in [0.29, 0.717) is 29.8 Å². The fourth-order valence-corrected chi connectivity index (χ4v) is 3.60. The summed E-state index contributed by atoms with van der Waals surface area (Å²) < 4.78 is 18.4. The predicted molar refractivity (Wildman–Crippen MR) is 84.8 cm³/mol. The van der Waals surface area contributed by atoms with E-state index in [9.17, 15) is 0 Å². The average molecular weight is 296 g/mol. The van der Waals surface area contributed by atoms with Crippen LogP contribution in [0.1, 0.15) is 54.4 Å². The highest BCUT2D eigenvalue weighted by atomic mass is 16.7. The molecule has 0 radical (unpaired) electrons. The number of ether oxygens (including phenoxy) is 3. The zero-order valence-electron chi connectivity index (χ0n) is 14.4. The Morgan fingerprint density at radius 3 is 2.19 bits per heavy atom. The monoisotopic (exact) mass is 296 g/mol. The predicted octanol–water partition coefficient (Wildman–Crippen LogP) is 4.37. The summed E-state index contributed by atoms with van der Waals surface area (Å²) >= 11 is 0. The summed E-state index contributed by atoms with van der Waals surface area (Å²) in [4.78, 5) is 0. The normalized spacial score (nSPS) is 47.1. The third-order valence-corrected chi connectivity index (χ3v) is 5.60. The number of hydrogen-bond donors (Lipinski definition) is 0. The van der Waals surface area contributed by atoms with E-state index in [1.807, 2.05) is 6.26 Å². The standard InChI is InChI=1S/C18H32O3/c1-7-15-13(5)12(4)14(6)18(20-15)21-17-11(3)9-10-19-16(17)8-2/h9-18H,7-8H2,1-6H3. The molecular weight excluding hydrogens is 264 g/mol. The van der Waals surface area contributed by atoms with Crippen LogP contribution in [0, 0.1) is 23.7 Å². The first-order valence-corrected chi connectivity index (χ1v) is 8.62. The quantitative estimate of drug-likeness (QED) is 0.771. The lowest BCUT2D eigenvalue weighted by atomic mass is 9.78. The van der Waals surface area contributed by atoms with Gasteiger partial charge in [0, 0.05) is 11.8 Å². The lowest BCUT2D eigenvalue weighted by Crippen LogP contribution is -2.49. The van der Waals surface area contributed by atoms with Crippen LogP contribution >= 0.6 is 0 Å². The van der Waals surface area contributed by atoms with Crippen LogP contribution in [0.3, 0.4) is 0 Å². The molecule has 0 aromatic heterocycles. The fourth-order valence-electron chi connectivity index (χ4n) is 3.60. The fraction of sp³-hybridized carbons (Fsp3) is 0.889. The van der Waals surface area contributed by atoms with Crippen LogP contribution < -0.4 is 0 Å². The Labute approximate surface area is 130 Å². The van der Waals surface area contributed by atoms with Crippen molar-refractivity contribution in [3.63, 3.8) is 0 Å². The summed E-state index contributed by atoms with van der Waals surface area (Å²) in [6, 6.07) is 0. The molecule has 3 nitrogen and oxygen atoms in total. The Kier molecular flexibility index (Phi) is 5.73. The van der Waals surface area contributed by atoms with Crippen LogP contribution in [0.2, 0.25) is 0 Å². The lowest BCUT2D eigenvalue weighted by Gasteiger charge is -2.45. The van der Waals surface area contributed by atoms with Gasteiger partial charge in [-0.3, -0.25) is 0 Å². The second-order valence-corrected chi connectivity index (χ2v) is 6.90. The van der Waals surface area contributed by atoms with Gasteiger partial charge < -0.3 is 14.2 Å². The molecule has 1 fully saturated rings. The van der Waals surface area contributed by atoms with Crippen molar-refractivity contribution >= 4 is 0 Å². The molecule has 3 heteroatoms. The summed E-state index contributed by atoms with van der Waals surface area (Å²) in [7, 11) is 0. The minimum Gasteiger partial charge on any atom is -0.496 e. The van der Waals surface area contributed by atoms with E-state index in [2.05, 4.69) is 47.6 Å². The summed E-state index contributed by atoms with van der Waals surface area (Å²) in [5, 5.41) is 0. The summed E-state index contributed by atoms with van der Waals surface area (Å²) in [5.41, 5.74) is 0. The number of hydrogen-bond acceptors (Lipinski definition) is 3. The molecule has 0 aliphatic carbocycles. The van der Waals surface area contributed by atoms with Crippen LogP contribution in [0.25, 0.3) is 0 Å². The zero-order valence-corrected chi connectivity index (χ0v) is 14.4. The third-order valence-electron chi connectivity index (χ3n) is 5.60. The van der Waals surface area contributed by atoms with Gasteiger partial charge in [-0.15, -0.1) is 0 Å². The van der Waals surface area contributed by atoms with Gasteiger partial charge in [0.2, 0.25) is 0 Å². The van der Waals surface area contributed by atoms with E-state index >= 15 is 0 Å². The molecule has 122 valence electrons. The van der Waals surface area contributed by atoms with Crippen LogP contribution in [0.5, 0.6) is 0 Å². The van der Waals surface area contributed by atoms with Gasteiger partial charge in [-0.2, -0.15) is 0 Å². The van der Waals surface area contributed by atoms with Crippen molar-refractivity contribution in [3.8, 4) is 0 Å². The van der Waals surface area contributed by atoms with Gasteiger partial charge in [-0.1, -0.05) is 41.5 Å². The first-order chi connectivity index (χ1) is 9.99. The topological polar surface area (TPSA) is 27.7 Å². The first kappa shape index (κ1) is 16.8. The van der Waals surface area contributed by atoms with Gasteiger partial charge in [0.15, 0.2) is 6.29 Å². The van der Waals surface area contributed by atoms with Crippen molar-refractivity contribution in [2.75, 3.05) is 0 Å². The second-order valence-electron chi connectivity index (χ2n) is 6.90. The highest BCUT2D eigenvalue weighted by molar-refractivity contribution is 4.95. The minimum absolute atomic E-state index is 0.0885. The SMILES string of the molecule is CCC1OC(OC2C(C)C=COC2CC)C(C)C(C)C1C. The molecule has 0 spiro atoms. The molecule has 0 amide bonds. The average Bonchev–Trinajstić information content (AvgIpc) is 2.49. The van der Waals surface area contributed by atoms with E-state index in [-0.39, 0.29) is 18.5 Å². The molecule has 2 rings (SSSR count). The Morgan fingerprint density at radius 1 is 0.905 bits per heavy atom. The molecule has 2 aliphatic heterocycles. The van der Waals surface area contributed by atoms with E-state index < -0.39 is 0 Å². The van der Waals surface area contributed by atoms with Gasteiger partial charge in [-0.05, 0) is 30.8 Å². The Morgan fingerprint density at radius 2 is 1.57 bits per heavy atom. The largest absolute Gasteiger partial charge is 0.496 e. The Balaban J connectivity index is 2.08.